The van der Waals surface area contributed by atoms with E-state index in [-0.39, 0.29) is 11.3 Å². The van der Waals surface area contributed by atoms with Gasteiger partial charge in [-0.2, -0.15) is 0 Å². The first kappa shape index (κ1) is 13.4. The maximum Gasteiger partial charge on any atom is 0.255 e. The van der Waals surface area contributed by atoms with Crippen LogP contribution in [-0.2, 0) is 0 Å². The Bertz CT molecular complexity index is 393. The lowest BCUT2D eigenvalue weighted by Crippen LogP contribution is -2.25. The van der Waals surface area contributed by atoms with Gasteiger partial charge in [0.2, 0.25) is 0 Å². The molecule has 1 rings (SSSR count). The summed E-state index contributed by atoms with van der Waals surface area (Å²) >= 11 is 0. The summed E-state index contributed by atoms with van der Waals surface area (Å²) in [4.78, 5) is 11.6. The lowest BCUT2D eigenvalue weighted by molar-refractivity contribution is 0.0947. The molecule has 0 radical (unpaired) electrons. The lowest BCUT2D eigenvalue weighted by Gasteiger charge is -2.07. The number of aliphatic hydroxyl groups is 1. The first-order valence-electron chi connectivity index (χ1n) is 5.45. The van der Waals surface area contributed by atoms with Crippen molar-refractivity contribution in [1.29, 1.82) is 0 Å². The predicted octanol–water partition coefficient (Wildman–Crippen LogP) is 1.42. The van der Waals surface area contributed by atoms with E-state index in [4.69, 9.17) is 5.11 Å². The van der Waals surface area contributed by atoms with E-state index in [0.29, 0.717) is 19.4 Å². The van der Waals surface area contributed by atoms with Crippen molar-refractivity contribution in [3.8, 4) is 5.75 Å². The molecule has 0 fully saturated rings. The number of aliphatic hydroxyl groups excluding tert-OH is 1. The van der Waals surface area contributed by atoms with Crippen molar-refractivity contribution in [3.05, 3.63) is 29.6 Å². The van der Waals surface area contributed by atoms with E-state index in [2.05, 4.69) is 5.32 Å². The predicted molar refractivity (Wildman–Crippen MR) is 61.3 cm³/mol. The minimum Gasteiger partial charge on any atom is -0.507 e. The Morgan fingerprint density at radius 3 is 2.82 bits per heavy atom. The molecule has 0 spiro atoms. The van der Waals surface area contributed by atoms with Gasteiger partial charge in [0.1, 0.15) is 11.6 Å². The monoisotopic (exact) mass is 241 g/mol. The van der Waals surface area contributed by atoms with Crippen LogP contribution in [0.2, 0.25) is 0 Å². The van der Waals surface area contributed by atoms with Crippen LogP contribution in [0.3, 0.4) is 0 Å². The van der Waals surface area contributed by atoms with Gasteiger partial charge in [-0.05, 0) is 31.9 Å². The molecule has 3 N–H and O–H groups in total. The number of nitrogens with one attached hydrogen (secondary N) is 1. The van der Waals surface area contributed by atoms with Crippen molar-refractivity contribution in [1.82, 2.24) is 5.32 Å². The normalized spacial score (nSPS) is 12.2. The second-order valence-electron chi connectivity index (χ2n) is 3.91. The molecule has 0 heterocycles. The Morgan fingerprint density at radius 2 is 2.24 bits per heavy atom. The number of rotatable bonds is 5. The number of hydrogen-bond acceptors (Lipinski definition) is 3. The number of amides is 1. The second-order valence-corrected chi connectivity index (χ2v) is 3.91. The highest BCUT2D eigenvalue weighted by atomic mass is 19.1. The summed E-state index contributed by atoms with van der Waals surface area (Å²) in [5.41, 5.74) is 0.0449. The quantitative estimate of drug-likeness (QED) is 0.683. The Balaban J connectivity index is 2.47. The van der Waals surface area contributed by atoms with Crippen molar-refractivity contribution in [3.63, 3.8) is 0 Å². The average Bonchev–Trinajstić information content (AvgIpc) is 2.23. The zero-order chi connectivity index (χ0) is 12.8. The van der Waals surface area contributed by atoms with Crippen LogP contribution in [0.25, 0.3) is 0 Å². The van der Waals surface area contributed by atoms with Gasteiger partial charge >= 0.3 is 0 Å². The summed E-state index contributed by atoms with van der Waals surface area (Å²) in [6, 6.07) is 3.24. The summed E-state index contributed by atoms with van der Waals surface area (Å²) in [6.45, 7) is 2.08. The van der Waals surface area contributed by atoms with Crippen molar-refractivity contribution >= 4 is 5.91 Å². The summed E-state index contributed by atoms with van der Waals surface area (Å²) < 4.78 is 12.7. The van der Waals surface area contributed by atoms with E-state index in [0.717, 1.165) is 12.1 Å². The SMILES string of the molecule is CC(O)CCCNC(=O)c1ccc(F)cc1O. The summed E-state index contributed by atoms with van der Waals surface area (Å²) in [5, 5.41) is 21.0. The van der Waals surface area contributed by atoms with Crippen molar-refractivity contribution in [2.75, 3.05) is 6.54 Å². The molecule has 5 heteroatoms. The maximum absolute atomic E-state index is 12.7. The smallest absolute Gasteiger partial charge is 0.255 e. The van der Waals surface area contributed by atoms with Crippen LogP contribution >= 0.6 is 0 Å². The number of benzene rings is 1. The third-order valence-electron chi connectivity index (χ3n) is 2.29. The number of halogens is 1. The summed E-state index contributed by atoms with van der Waals surface area (Å²) in [7, 11) is 0. The molecule has 1 aromatic rings. The molecule has 1 amide bonds. The van der Waals surface area contributed by atoms with Crippen molar-refractivity contribution in [2.45, 2.75) is 25.9 Å². The standard InChI is InChI=1S/C12H16FNO3/c1-8(15)3-2-6-14-12(17)10-5-4-9(13)7-11(10)16/h4-5,7-8,15-16H,2-3,6H2,1H3,(H,14,17). The van der Waals surface area contributed by atoms with Crippen LogP contribution in [-0.4, -0.2) is 28.8 Å². The molecule has 17 heavy (non-hydrogen) atoms. The zero-order valence-corrected chi connectivity index (χ0v) is 9.61. The van der Waals surface area contributed by atoms with Crippen LogP contribution in [0, 0.1) is 5.82 Å². The fourth-order valence-corrected chi connectivity index (χ4v) is 1.39. The largest absolute Gasteiger partial charge is 0.507 e. The Labute approximate surface area is 99.1 Å². The Hall–Kier alpha value is -1.62. The van der Waals surface area contributed by atoms with Gasteiger partial charge < -0.3 is 15.5 Å². The van der Waals surface area contributed by atoms with Gasteiger partial charge in [-0.3, -0.25) is 4.79 Å². The van der Waals surface area contributed by atoms with Gasteiger partial charge in [0.05, 0.1) is 11.7 Å². The van der Waals surface area contributed by atoms with Crippen LogP contribution < -0.4 is 5.32 Å². The van der Waals surface area contributed by atoms with Crippen molar-refractivity contribution in [2.24, 2.45) is 0 Å². The molecule has 0 saturated heterocycles. The number of carbonyl (C=O) groups is 1. The third kappa shape index (κ3) is 4.40. The minimum atomic E-state index is -0.590. The summed E-state index contributed by atoms with van der Waals surface area (Å²) in [5.74, 6) is -1.42. The van der Waals surface area contributed by atoms with Crippen LogP contribution in [0.5, 0.6) is 5.75 Å². The minimum absolute atomic E-state index is 0.0449. The Morgan fingerprint density at radius 1 is 1.53 bits per heavy atom. The van der Waals surface area contributed by atoms with E-state index >= 15 is 0 Å². The van der Waals surface area contributed by atoms with Crippen LogP contribution in [0.4, 0.5) is 4.39 Å². The fraction of sp³-hybridized carbons (Fsp3) is 0.417. The molecular formula is C12H16FNO3. The van der Waals surface area contributed by atoms with Crippen LogP contribution in [0.1, 0.15) is 30.1 Å². The average molecular weight is 241 g/mol. The third-order valence-corrected chi connectivity index (χ3v) is 2.29. The number of hydrogen-bond donors (Lipinski definition) is 3. The first-order chi connectivity index (χ1) is 8.00. The number of phenols is 1. The summed E-state index contributed by atoms with van der Waals surface area (Å²) in [6.07, 6.45) is 0.840. The first-order valence-corrected chi connectivity index (χ1v) is 5.45. The molecule has 0 aliphatic rings. The number of aromatic hydroxyl groups is 1. The zero-order valence-electron chi connectivity index (χ0n) is 9.61. The molecule has 0 aromatic heterocycles. The van der Waals surface area contributed by atoms with Gasteiger partial charge in [0.15, 0.2) is 0 Å². The van der Waals surface area contributed by atoms with E-state index in [1.165, 1.54) is 6.07 Å². The molecule has 0 aliphatic carbocycles. The highest BCUT2D eigenvalue weighted by Crippen LogP contribution is 2.17. The molecule has 0 aliphatic heterocycles. The van der Waals surface area contributed by atoms with E-state index in [1.54, 1.807) is 6.92 Å². The molecule has 1 aromatic carbocycles. The number of carbonyl (C=O) groups excluding carboxylic acids is 1. The molecular weight excluding hydrogens is 225 g/mol. The molecule has 1 atom stereocenters. The van der Waals surface area contributed by atoms with Gasteiger partial charge in [0.25, 0.3) is 5.91 Å². The lowest BCUT2D eigenvalue weighted by atomic mass is 10.1. The fourth-order valence-electron chi connectivity index (χ4n) is 1.39. The topological polar surface area (TPSA) is 69.6 Å². The van der Waals surface area contributed by atoms with Gasteiger partial charge in [-0.15, -0.1) is 0 Å². The molecule has 0 bridgehead atoms. The van der Waals surface area contributed by atoms with Gasteiger partial charge in [0, 0.05) is 12.6 Å². The van der Waals surface area contributed by atoms with Crippen molar-refractivity contribution < 1.29 is 19.4 Å². The molecule has 0 saturated carbocycles. The highest BCUT2D eigenvalue weighted by molar-refractivity contribution is 5.96. The van der Waals surface area contributed by atoms with E-state index in [1.807, 2.05) is 0 Å². The maximum atomic E-state index is 12.7. The number of phenolic OH excluding ortho intramolecular Hbond substituents is 1. The van der Waals surface area contributed by atoms with E-state index < -0.39 is 17.8 Å². The molecule has 1 unspecified atom stereocenters. The van der Waals surface area contributed by atoms with Gasteiger partial charge in [-0.25, -0.2) is 4.39 Å². The molecule has 94 valence electrons. The van der Waals surface area contributed by atoms with E-state index in [9.17, 15) is 14.3 Å². The Kier molecular flexibility index (Phi) is 4.90. The second kappa shape index (κ2) is 6.20. The molecule has 4 nitrogen and oxygen atoms in total. The van der Waals surface area contributed by atoms with Gasteiger partial charge in [-0.1, -0.05) is 0 Å². The van der Waals surface area contributed by atoms with Crippen LogP contribution in [0.15, 0.2) is 18.2 Å². The highest BCUT2D eigenvalue weighted by Gasteiger charge is 2.10.